The lowest BCUT2D eigenvalue weighted by molar-refractivity contribution is -0.279. The molecule has 0 aromatic carbocycles. The molecule has 0 amide bonds. The van der Waals surface area contributed by atoms with Crippen LogP contribution in [0.5, 0.6) is 0 Å². The van der Waals surface area contributed by atoms with Crippen molar-refractivity contribution in [3.63, 3.8) is 0 Å². The summed E-state index contributed by atoms with van der Waals surface area (Å²) in [6.07, 6.45) is 0.195. The molecular formula is C19H18O7. The van der Waals surface area contributed by atoms with E-state index in [1.165, 1.54) is 0 Å². The van der Waals surface area contributed by atoms with Gasteiger partial charge in [-0.05, 0) is 19.8 Å². The van der Waals surface area contributed by atoms with Crippen molar-refractivity contribution in [1.82, 2.24) is 0 Å². The average molecular weight is 358 g/mol. The van der Waals surface area contributed by atoms with Crippen LogP contribution in [-0.2, 0) is 33.3 Å². The summed E-state index contributed by atoms with van der Waals surface area (Å²) in [7, 11) is 0. The van der Waals surface area contributed by atoms with Gasteiger partial charge in [0.15, 0.2) is 11.2 Å². The second-order valence-corrected chi connectivity index (χ2v) is 9.08. The second kappa shape index (κ2) is 3.59. The lowest BCUT2D eigenvalue weighted by atomic mass is 9.44. The molecule has 3 aliphatic carbocycles. The van der Waals surface area contributed by atoms with Crippen LogP contribution in [0.1, 0.15) is 33.1 Å². The molecule has 0 radical (unpaired) electrons. The molecule has 3 saturated carbocycles. The van der Waals surface area contributed by atoms with Gasteiger partial charge in [0.05, 0.1) is 24.0 Å². The highest BCUT2D eigenvalue weighted by Gasteiger charge is 2.90. The first kappa shape index (κ1) is 14.2. The van der Waals surface area contributed by atoms with Gasteiger partial charge in [-0.3, -0.25) is 9.59 Å². The quantitative estimate of drug-likeness (QED) is 0.464. The summed E-state index contributed by atoms with van der Waals surface area (Å²) < 4.78 is 24.2. The highest BCUT2D eigenvalue weighted by Crippen LogP contribution is 2.78. The Kier molecular flexibility index (Phi) is 1.96. The molecule has 9 atom stereocenters. The number of carbonyl (C=O) groups is 3. The molecule has 1 unspecified atom stereocenters. The largest absolute Gasteiger partial charge is 0.459 e. The maximum absolute atomic E-state index is 13.1. The Morgan fingerprint density at radius 3 is 2.69 bits per heavy atom. The highest BCUT2D eigenvalue weighted by atomic mass is 16.6. The van der Waals surface area contributed by atoms with Crippen molar-refractivity contribution in [3.05, 3.63) is 11.1 Å². The highest BCUT2D eigenvalue weighted by molar-refractivity contribution is 5.95. The molecule has 5 aliphatic heterocycles. The number of ether oxygens (including phenoxy) is 4. The van der Waals surface area contributed by atoms with Crippen LogP contribution in [-0.4, -0.2) is 47.4 Å². The fourth-order valence-corrected chi connectivity index (χ4v) is 7.89. The van der Waals surface area contributed by atoms with Gasteiger partial charge in [0.2, 0.25) is 0 Å². The van der Waals surface area contributed by atoms with Gasteiger partial charge >= 0.3 is 17.9 Å². The number of fused-ring (bicyclic) bond motifs is 2. The summed E-state index contributed by atoms with van der Waals surface area (Å²) in [5, 5.41) is 0. The molecule has 8 rings (SSSR count). The van der Waals surface area contributed by atoms with Crippen molar-refractivity contribution in [2.75, 3.05) is 0 Å². The first-order chi connectivity index (χ1) is 12.4. The van der Waals surface area contributed by atoms with Gasteiger partial charge in [0, 0.05) is 28.9 Å². The van der Waals surface area contributed by atoms with Crippen LogP contribution in [0.2, 0.25) is 0 Å². The summed E-state index contributed by atoms with van der Waals surface area (Å²) in [5.74, 6) is -1.27. The standard InChI is InChI=1S/C19H18O7/c1-6-10-12-9-13-11(23-12)7(2)18(16(22)24-13)4-3-17(26-15(6)21)5-8(20)25-19(10,17)14(9)18/h7,9,11-14H,3-5H2,1-2H3/t7?,9-,11+,12-,13-,14-,17-,18-,19+/m1/s1. The third-order valence-corrected chi connectivity index (χ3v) is 8.67. The van der Waals surface area contributed by atoms with E-state index in [2.05, 4.69) is 6.92 Å². The van der Waals surface area contributed by atoms with Gasteiger partial charge in [-0.2, -0.15) is 0 Å². The van der Waals surface area contributed by atoms with E-state index in [4.69, 9.17) is 18.9 Å². The van der Waals surface area contributed by atoms with Crippen LogP contribution in [0.15, 0.2) is 11.1 Å². The van der Waals surface area contributed by atoms with Gasteiger partial charge in [-0.1, -0.05) is 6.92 Å². The molecule has 8 aliphatic rings. The van der Waals surface area contributed by atoms with Gasteiger partial charge in [-0.25, -0.2) is 4.79 Å². The van der Waals surface area contributed by atoms with Gasteiger partial charge in [-0.15, -0.1) is 0 Å². The SMILES string of the molecule is CC1=C2[C@@H]3O[C@H]4C(C)[C@]56CC[C@]7(CC(=O)O[C@]27[C@@H]5[C@H]3[C@H]4OC6=O)OC1=O. The summed E-state index contributed by atoms with van der Waals surface area (Å²) in [6, 6.07) is 0. The summed E-state index contributed by atoms with van der Waals surface area (Å²) in [5.41, 5.74) is -1.60. The Labute approximate surface area is 149 Å². The Bertz CT molecular complexity index is 890. The van der Waals surface area contributed by atoms with Gasteiger partial charge in [0.25, 0.3) is 0 Å². The normalized spacial score (nSPS) is 60.0. The van der Waals surface area contributed by atoms with Crippen LogP contribution >= 0.6 is 0 Å². The van der Waals surface area contributed by atoms with Crippen LogP contribution in [0.3, 0.4) is 0 Å². The van der Waals surface area contributed by atoms with E-state index < -0.39 is 22.6 Å². The third-order valence-electron chi connectivity index (χ3n) is 8.67. The monoisotopic (exact) mass is 358 g/mol. The minimum Gasteiger partial charge on any atom is -0.459 e. The number of rotatable bonds is 0. The van der Waals surface area contributed by atoms with Crippen LogP contribution < -0.4 is 0 Å². The van der Waals surface area contributed by atoms with E-state index in [-0.39, 0.29) is 54.4 Å². The molecule has 7 fully saturated rings. The first-order valence-electron chi connectivity index (χ1n) is 9.40. The smallest absolute Gasteiger partial charge is 0.334 e. The van der Waals surface area contributed by atoms with Crippen molar-refractivity contribution in [2.24, 2.45) is 23.2 Å². The predicted octanol–water partition coefficient (Wildman–Crippen LogP) is 0.653. The molecule has 0 aromatic heterocycles. The van der Waals surface area contributed by atoms with Crippen molar-refractivity contribution in [1.29, 1.82) is 0 Å². The van der Waals surface area contributed by atoms with Gasteiger partial charge in [0.1, 0.15) is 6.10 Å². The molecule has 4 bridgehead atoms. The minimum absolute atomic E-state index is 0.00818. The molecule has 7 nitrogen and oxygen atoms in total. The number of hydrogen-bond acceptors (Lipinski definition) is 7. The molecule has 0 N–H and O–H groups in total. The zero-order chi connectivity index (χ0) is 17.8. The van der Waals surface area contributed by atoms with E-state index in [1.54, 1.807) is 6.92 Å². The van der Waals surface area contributed by atoms with Crippen LogP contribution in [0.25, 0.3) is 0 Å². The molecular weight excluding hydrogens is 340 g/mol. The Hall–Kier alpha value is -1.89. The zero-order valence-electron chi connectivity index (χ0n) is 14.4. The van der Waals surface area contributed by atoms with Gasteiger partial charge < -0.3 is 18.9 Å². The summed E-state index contributed by atoms with van der Waals surface area (Å²) in [6.45, 7) is 3.77. The number of carbonyl (C=O) groups excluding carboxylic acids is 3. The van der Waals surface area contributed by atoms with Crippen LogP contribution in [0.4, 0.5) is 0 Å². The van der Waals surface area contributed by atoms with E-state index in [1.807, 2.05) is 0 Å². The van der Waals surface area contributed by atoms with Crippen LogP contribution in [0, 0.1) is 23.2 Å². The Balaban J connectivity index is 1.63. The van der Waals surface area contributed by atoms with E-state index >= 15 is 0 Å². The first-order valence-corrected chi connectivity index (χ1v) is 9.40. The van der Waals surface area contributed by atoms with Crippen molar-refractivity contribution in [2.45, 2.75) is 62.6 Å². The topological polar surface area (TPSA) is 88.1 Å². The Morgan fingerprint density at radius 1 is 1.08 bits per heavy atom. The zero-order valence-corrected chi connectivity index (χ0v) is 14.4. The summed E-state index contributed by atoms with van der Waals surface area (Å²) >= 11 is 0. The lowest BCUT2D eigenvalue weighted by Gasteiger charge is -2.64. The maximum atomic E-state index is 13.1. The second-order valence-electron chi connectivity index (χ2n) is 9.08. The molecule has 7 heteroatoms. The van der Waals surface area contributed by atoms with Crippen molar-refractivity contribution in [3.8, 4) is 0 Å². The number of hydrogen-bond donors (Lipinski definition) is 0. The summed E-state index contributed by atoms with van der Waals surface area (Å²) in [4.78, 5) is 38.3. The maximum Gasteiger partial charge on any atom is 0.334 e. The molecule has 2 spiro atoms. The van der Waals surface area contributed by atoms with Crippen molar-refractivity contribution >= 4 is 17.9 Å². The number of esters is 3. The Morgan fingerprint density at radius 2 is 1.88 bits per heavy atom. The lowest BCUT2D eigenvalue weighted by Crippen LogP contribution is -2.76. The molecule has 5 heterocycles. The molecule has 136 valence electrons. The molecule has 0 aromatic rings. The minimum atomic E-state index is -1.06. The third kappa shape index (κ3) is 1.00. The molecule has 26 heavy (non-hydrogen) atoms. The predicted molar refractivity (Wildman–Crippen MR) is 81.3 cm³/mol. The van der Waals surface area contributed by atoms with Crippen molar-refractivity contribution < 1.29 is 33.3 Å². The van der Waals surface area contributed by atoms with E-state index in [9.17, 15) is 14.4 Å². The average Bonchev–Trinajstić information content (AvgIpc) is 3.15. The van der Waals surface area contributed by atoms with E-state index in [0.717, 1.165) is 5.57 Å². The molecule has 4 saturated heterocycles. The van der Waals surface area contributed by atoms with E-state index in [0.29, 0.717) is 18.4 Å². The fourth-order valence-electron chi connectivity index (χ4n) is 7.89. The fraction of sp³-hybridized carbons (Fsp3) is 0.737.